The van der Waals surface area contributed by atoms with Crippen LogP contribution in [0.3, 0.4) is 0 Å². The van der Waals surface area contributed by atoms with Crippen LogP contribution in [0.2, 0.25) is 0 Å². The van der Waals surface area contributed by atoms with E-state index >= 15 is 0 Å². The number of carbonyl (C=O) groups excluding carboxylic acids is 2. The van der Waals surface area contributed by atoms with Gasteiger partial charge in [0.2, 0.25) is 0 Å². The van der Waals surface area contributed by atoms with E-state index in [1.54, 1.807) is 0 Å². The van der Waals surface area contributed by atoms with Crippen molar-refractivity contribution < 1.29 is 19.5 Å². The first-order chi connectivity index (χ1) is 17.5. The minimum absolute atomic E-state index is 0.0757. The Balaban J connectivity index is 1.96. The van der Waals surface area contributed by atoms with Crippen LogP contribution >= 0.6 is 0 Å². The highest BCUT2D eigenvalue weighted by atomic mass is 16.4. The van der Waals surface area contributed by atoms with Gasteiger partial charge in [0, 0.05) is 24.2 Å². The zero-order valence-electron chi connectivity index (χ0n) is 25.0. The van der Waals surface area contributed by atoms with Gasteiger partial charge in [0.1, 0.15) is 6.07 Å². The van der Waals surface area contributed by atoms with Gasteiger partial charge in [-0.2, -0.15) is 5.26 Å². The molecule has 210 valence electrons. The molecule has 3 aliphatic rings. The summed E-state index contributed by atoms with van der Waals surface area (Å²) in [6.45, 7) is 17.6. The van der Waals surface area contributed by atoms with Crippen LogP contribution in [-0.2, 0) is 14.4 Å². The van der Waals surface area contributed by atoms with Gasteiger partial charge in [-0.25, -0.2) is 0 Å². The normalized spacial score (nSPS) is 34.8. The Morgan fingerprint density at radius 3 is 2.37 bits per heavy atom. The van der Waals surface area contributed by atoms with Crippen molar-refractivity contribution in [3.8, 4) is 6.07 Å². The third-order valence-corrected chi connectivity index (χ3v) is 11.5. The average Bonchev–Trinajstić information content (AvgIpc) is 2.84. The summed E-state index contributed by atoms with van der Waals surface area (Å²) in [6, 6.07) is 2.13. The van der Waals surface area contributed by atoms with Crippen molar-refractivity contribution in [2.75, 3.05) is 0 Å². The van der Waals surface area contributed by atoms with E-state index in [2.05, 4.69) is 54.5 Å². The molecule has 0 aromatic heterocycles. The molecule has 5 heteroatoms. The van der Waals surface area contributed by atoms with E-state index in [4.69, 9.17) is 0 Å². The van der Waals surface area contributed by atoms with Gasteiger partial charge >= 0.3 is 5.97 Å². The van der Waals surface area contributed by atoms with Crippen LogP contribution in [0.5, 0.6) is 0 Å². The van der Waals surface area contributed by atoms with E-state index in [-0.39, 0.29) is 57.1 Å². The number of hydrogen-bond acceptors (Lipinski definition) is 4. The van der Waals surface area contributed by atoms with Crippen molar-refractivity contribution in [1.29, 1.82) is 5.26 Å². The maximum absolute atomic E-state index is 13.3. The molecule has 0 spiro atoms. The molecule has 1 N–H and O–H groups in total. The highest BCUT2D eigenvalue weighted by Crippen LogP contribution is 2.67. The second kappa shape index (κ2) is 10.4. The fourth-order valence-corrected chi connectivity index (χ4v) is 7.79. The largest absolute Gasteiger partial charge is 0.481 e. The maximum Gasteiger partial charge on any atom is 0.303 e. The zero-order chi connectivity index (χ0) is 28.7. The van der Waals surface area contributed by atoms with Gasteiger partial charge in [-0.05, 0) is 78.6 Å². The topological polar surface area (TPSA) is 95.2 Å². The van der Waals surface area contributed by atoms with Gasteiger partial charge in [0.05, 0.1) is 5.57 Å². The molecule has 0 amide bonds. The van der Waals surface area contributed by atoms with Gasteiger partial charge in [-0.1, -0.05) is 73.5 Å². The molecule has 0 heterocycles. The van der Waals surface area contributed by atoms with Crippen LogP contribution < -0.4 is 0 Å². The average molecular weight is 524 g/mol. The van der Waals surface area contributed by atoms with Crippen molar-refractivity contribution in [1.82, 2.24) is 0 Å². The first-order valence-electron chi connectivity index (χ1n) is 14.6. The van der Waals surface area contributed by atoms with Crippen molar-refractivity contribution in [2.45, 2.75) is 120 Å². The van der Waals surface area contributed by atoms with Gasteiger partial charge in [-0.3, -0.25) is 14.4 Å². The standard InChI is InChI=1S/C33H49NO4/c1-9-29(3,4)14-15-30(5,12-11-27(36)37)16-17-31(6)20-24(35)18-26-32(7)19-23(21-34)28(38)22(2)25(32)10-13-33(26,31)8/h18-19,22,25H,9-17,20H2,1-8H3,(H,36,37)/t22-,25-,30-,31+,32-,33+/m0/s1. The molecule has 0 aromatic carbocycles. The van der Waals surface area contributed by atoms with Gasteiger partial charge in [0.15, 0.2) is 11.6 Å². The van der Waals surface area contributed by atoms with Crippen LogP contribution in [0.15, 0.2) is 23.3 Å². The van der Waals surface area contributed by atoms with E-state index < -0.39 is 11.4 Å². The van der Waals surface area contributed by atoms with Crippen LogP contribution in [0.1, 0.15) is 120 Å². The Bertz CT molecular complexity index is 1090. The van der Waals surface area contributed by atoms with Gasteiger partial charge in [-0.15, -0.1) is 0 Å². The van der Waals surface area contributed by atoms with Crippen molar-refractivity contribution >= 4 is 17.5 Å². The lowest BCUT2D eigenvalue weighted by molar-refractivity contribution is -0.137. The van der Waals surface area contributed by atoms with Crippen LogP contribution in [-0.4, -0.2) is 22.6 Å². The fraction of sp³-hybridized carbons (Fsp3) is 0.758. The number of Topliss-reactive ketones (excluding diaryl/α,β-unsaturated/α-hetero) is 1. The Hall–Kier alpha value is -2.22. The Morgan fingerprint density at radius 1 is 1.13 bits per heavy atom. The number of allylic oxidation sites excluding steroid dienone is 4. The van der Waals surface area contributed by atoms with E-state index in [0.29, 0.717) is 12.8 Å². The predicted octanol–water partition coefficient (Wildman–Crippen LogP) is 7.85. The third-order valence-electron chi connectivity index (χ3n) is 11.5. The Kier molecular flexibility index (Phi) is 8.30. The van der Waals surface area contributed by atoms with E-state index in [0.717, 1.165) is 50.5 Å². The molecule has 0 bridgehead atoms. The quantitative estimate of drug-likeness (QED) is 0.314. The number of carboxylic acid groups (broad SMARTS) is 1. The molecule has 6 atom stereocenters. The van der Waals surface area contributed by atoms with Crippen molar-refractivity contribution in [3.05, 3.63) is 23.3 Å². The molecule has 1 saturated carbocycles. The van der Waals surface area contributed by atoms with Gasteiger partial charge < -0.3 is 5.11 Å². The number of carbonyl (C=O) groups is 3. The van der Waals surface area contributed by atoms with Crippen LogP contribution in [0, 0.1) is 50.2 Å². The minimum atomic E-state index is -0.755. The summed E-state index contributed by atoms with van der Waals surface area (Å²) < 4.78 is 0. The number of fused-ring (bicyclic) bond motifs is 3. The molecule has 38 heavy (non-hydrogen) atoms. The summed E-state index contributed by atoms with van der Waals surface area (Å²) in [6.07, 6.45) is 11.6. The van der Waals surface area contributed by atoms with Crippen LogP contribution in [0.25, 0.3) is 0 Å². The number of ketones is 2. The molecule has 0 unspecified atom stereocenters. The van der Waals surface area contributed by atoms with Gasteiger partial charge in [0.25, 0.3) is 0 Å². The molecule has 5 nitrogen and oxygen atoms in total. The minimum Gasteiger partial charge on any atom is -0.481 e. The van der Waals surface area contributed by atoms with E-state index in [1.807, 2.05) is 19.1 Å². The molecule has 0 aliphatic heterocycles. The van der Waals surface area contributed by atoms with Crippen LogP contribution in [0.4, 0.5) is 0 Å². The third kappa shape index (κ3) is 5.43. The fourth-order valence-electron chi connectivity index (χ4n) is 7.79. The van der Waals surface area contributed by atoms with Crippen molar-refractivity contribution in [3.63, 3.8) is 0 Å². The predicted molar refractivity (Wildman–Crippen MR) is 150 cm³/mol. The molecule has 0 radical (unpaired) electrons. The molecular formula is C33H49NO4. The molecule has 3 aliphatic carbocycles. The monoisotopic (exact) mass is 523 g/mol. The second-order valence-electron chi connectivity index (χ2n) is 14.6. The summed E-state index contributed by atoms with van der Waals surface area (Å²) in [5.74, 6) is -0.867. The van der Waals surface area contributed by atoms with E-state index in [1.165, 1.54) is 0 Å². The number of carboxylic acids is 1. The lowest BCUT2D eigenvalue weighted by Gasteiger charge is -2.61. The SMILES string of the molecule is CCC(C)(C)CC[C@](C)(CCC(=O)O)CC[C@]1(C)CC(=O)C=C2[C@@]3(C)C=C(C#N)C(=O)[C@@H](C)[C@@H]3CC[C@]21C. The number of nitriles is 1. The summed E-state index contributed by atoms with van der Waals surface area (Å²) in [4.78, 5) is 37.7. The highest BCUT2D eigenvalue weighted by molar-refractivity contribution is 6.02. The molecule has 0 aromatic rings. The number of aliphatic carboxylic acids is 1. The lowest BCUT2D eigenvalue weighted by atomic mass is 9.42. The second-order valence-corrected chi connectivity index (χ2v) is 14.6. The summed E-state index contributed by atoms with van der Waals surface area (Å²) in [5.41, 5.74) is 0.393. The molecule has 0 saturated heterocycles. The van der Waals surface area contributed by atoms with Crippen molar-refractivity contribution in [2.24, 2.45) is 38.9 Å². The Labute approximate surface area is 230 Å². The Morgan fingerprint density at radius 2 is 1.79 bits per heavy atom. The molecular weight excluding hydrogens is 474 g/mol. The summed E-state index contributed by atoms with van der Waals surface area (Å²) in [7, 11) is 0. The lowest BCUT2D eigenvalue weighted by Crippen LogP contribution is -2.55. The zero-order valence-corrected chi connectivity index (χ0v) is 25.0. The first kappa shape index (κ1) is 30.3. The van der Waals surface area contributed by atoms with E-state index in [9.17, 15) is 24.8 Å². The number of hydrogen-bond donors (Lipinski definition) is 1. The first-order valence-corrected chi connectivity index (χ1v) is 14.6. The molecule has 3 rings (SSSR count). The summed E-state index contributed by atoms with van der Waals surface area (Å²) >= 11 is 0. The smallest absolute Gasteiger partial charge is 0.303 e. The number of rotatable bonds is 10. The maximum atomic E-state index is 13.3. The highest BCUT2D eigenvalue weighted by Gasteiger charge is 2.61. The molecule has 1 fully saturated rings. The number of nitrogens with zero attached hydrogens (tertiary/aromatic N) is 1. The summed E-state index contributed by atoms with van der Waals surface area (Å²) in [5, 5.41) is 19.2.